The van der Waals surface area contributed by atoms with E-state index in [1.54, 1.807) is 11.0 Å². The molecule has 0 bridgehead atoms. The molecular formula is C20H25N3O2. The summed E-state index contributed by atoms with van der Waals surface area (Å²) in [6, 6.07) is 15.1. The van der Waals surface area contributed by atoms with Crippen LogP contribution in [-0.4, -0.2) is 11.8 Å². The molecule has 2 aromatic rings. The van der Waals surface area contributed by atoms with Gasteiger partial charge >= 0.3 is 0 Å². The van der Waals surface area contributed by atoms with E-state index >= 15 is 0 Å². The Morgan fingerprint density at radius 3 is 2.20 bits per heavy atom. The summed E-state index contributed by atoms with van der Waals surface area (Å²) in [7, 11) is 0. The average Bonchev–Trinajstić information content (AvgIpc) is 2.58. The van der Waals surface area contributed by atoms with Gasteiger partial charge in [-0.2, -0.15) is 0 Å². The van der Waals surface area contributed by atoms with Crippen LogP contribution in [0.2, 0.25) is 0 Å². The maximum Gasteiger partial charge on any atom is 0.231 e. The second-order valence-electron chi connectivity index (χ2n) is 6.15. The van der Waals surface area contributed by atoms with E-state index in [4.69, 9.17) is 11.5 Å². The number of benzene rings is 2. The molecule has 0 aromatic heterocycles. The molecule has 0 saturated carbocycles. The Hall–Kier alpha value is -2.82. The molecule has 5 heteroatoms. The van der Waals surface area contributed by atoms with Gasteiger partial charge in [0.2, 0.25) is 11.8 Å². The highest BCUT2D eigenvalue weighted by Gasteiger charge is 2.19. The fraction of sp³-hybridized carbons (Fsp3) is 0.300. The summed E-state index contributed by atoms with van der Waals surface area (Å²) in [6.07, 6.45) is 2.96. The second kappa shape index (κ2) is 8.87. The number of carbonyl (C=O) groups excluding carboxylic acids is 2. The van der Waals surface area contributed by atoms with Crippen LogP contribution in [0.25, 0.3) is 0 Å². The number of unbranched alkanes of at least 4 members (excludes halogenated alkanes) is 2. The first-order chi connectivity index (χ1) is 12.0. The van der Waals surface area contributed by atoms with Crippen LogP contribution in [-0.2, 0) is 9.59 Å². The Morgan fingerprint density at radius 1 is 0.920 bits per heavy atom. The van der Waals surface area contributed by atoms with Crippen LogP contribution in [0.4, 0.5) is 17.1 Å². The third-order valence-electron chi connectivity index (χ3n) is 4.03. The van der Waals surface area contributed by atoms with E-state index in [0.717, 1.165) is 17.7 Å². The molecule has 25 heavy (non-hydrogen) atoms. The van der Waals surface area contributed by atoms with Crippen molar-refractivity contribution in [1.82, 2.24) is 0 Å². The van der Waals surface area contributed by atoms with Gasteiger partial charge in [-0.3, -0.25) is 14.5 Å². The third-order valence-corrected chi connectivity index (χ3v) is 4.03. The predicted molar refractivity (Wildman–Crippen MR) is 101 cm³/mol. The van der Waals surface area contributed by atoms with Crippen molar-refractivity contribution in [1.29, 1.82) is 0 Å². The standard InChI is InChI=1S/C20H25N3O2/c1-15-11-13-16(14-12-15)23(18-8-6-5-7-17(18)21)20(25)10-4-2-3-9-19(22)24/h5-8,11-14H,2-4,9-10,21H2,1H3,(H2,22,24). The Balaban J connectivity index is 2.14. The first-order valence-electron chi connectivity index (χ1n) is 8.51. The molecule has 0 fully saturated rings. The van der Waals surface area contributed by atoms with Crippen LogP contribution in [0.1, 0.15) is 37.7 Å². The quantitative estimate of drug-likeness (QED) is 0.568. The molecule has 2 aromatic carbocycles. The summed E-state index contributed by atoms with van der Waals surface area (Å²) in [6.45, 7) is 2.01. The van der Waals surface area contributed by atoms with Crippen LogP contribution in [0.3, 0.4) is 0 Å². The molecule has 0 spiro atoms. The second-order valence-corrected chi connectivity index (χ2v) is 6.15. The minimum absolute atomic E-state index is 0.0131. The Morgan fingerprint density at radius 2 is 1.56 bits per heavy atom. The molecule has 0 aliphatic rings. The number of carbonyl (C=O) groups is 2. The van der Waals surface area contributed by atoms with Crippen LogP contribution in [0.5, 0.6) is 0 Å². The van der Waals surface area contributed by atoms with Crippen molar-refractivity contribution in [3.63, 3.8) is 0 Å². The van der Waals surface area contributed by atoms with Gasteiger partial charge < -0.3 is 11.5 Å². The molecule has 0 radical (unpaired) electrons. The zero-order valence-electron chi connectivity index (χ0n) is 14.6. The summed E-state index contributed by atoms with van der Waals surface area (Å²) in [5.74, 6) is -0.314. The van der Waals surface area contributed by atoms with Crippen LogP contribution >= 0.6 is 0 Å². The fourth-order valence-corrected chi connectivity index (χ4v) is 2.67. The van der Waals surface area contributed by atoms with Gasteiger partial charge in [0.25, 0.3) is 0 Å². The van der Waals surface area contributed by atoms with Gasteiger partial charge in [-0.05, 0) is 44.0 Å². The minimum Gasteiger partial charge on any atom is -0.397 e. The van der Waals surface area contributed by atoms with Gasteiger partial charge in [0, 0.05) is 18.5 Å². The van der Waals surface area contributed by atoms with Gasteiger partial charge in [0.15, 0.2) is 0 Å². The SMILES string of the molecule is Cc1ccc(N(C(=O)CCCCCC(N)=O)c2ccccc2N)cc1. The minimum atomic E-state index is -0.301. The highest BCUT2D eigenvalue weighted by molar-refractivity contribution is 6.03. The number of anilines is 3. The van der Waals surface area contributed by atoms with Crippen molar-refractivity contribution in [2.45, 2.75) is 39.0 Å². The summed E-state index contributed by atoms with van der Waals surface area (Å²) in [5.41, 5.74) is 14.4. The van der Waals surface area contributed by atoms with E-state index in [-0.39, 0.29) is 11.8 Å². The molecule has 2 amide bonds. The molecule has 0 unspecified atom stereocenters. The normalized spacial score (nSPS) is 10.4. The highest BCUT2D eigenvalue weighted by Crippen LogP contribution is 2.31. The Kier molecular flexibility index (Phi) is 6.57. The number of aryl methyl sites for hydroxylation is 1. The number of nitrogens with zero attached hydrogens (tertiary/aromatic N) is 1. The monoisotopic (exact) mass is 339 g/mol. The fourth-order valence-electron chi connectivity index (χ4n) is 2.67. The smallest absolute Gasteiger partial charge is 0.231 e. The molecule has 0 aliphatic heterocycles. The molecule has 4 N–H and O–H groups in total. The van der Waals surface area contributed by atoms with Crippen molar-refractivity contribution in [2.75, 3.05) is 10.6 Å². The first kappa shape index (κ1) is 18.5. The summed E-state index contributed by atoms with van der Waals surface area (Å²) < 4.78 is 0. The van der Waals surface area contributed by atoms with E-state index in [1.807, 2.05) is 49.4 Å². The summed E-state index contributed by atoms with van der Waals surface area (Å²) >= 11 is 0. The molecule has 0 saturated heterocycles. The summed E-state index contributed by atoms with van der Waals surface area (Å²) in [5, 5.41) is 0. The topological polar surface area (TPSA) is 89.4 Å². The third kappa shape index (κ3) is 5.35. The van der Waals surface area contributed by atoms with E-state index < -0.39 is 0 Å². The first-order valence-corrected chi connectivity index (χ1v) is 8.51. The lowest BCUT2D eigenvalue weighted by Crippen LogP contribution is -2.26. The van der Waals surface area contributed by atoms with Gasteiger partial charge in [0.05, 0.1) is 11.4 Å². The van der Waals surface area contributed by atoms with Gasteiger partial charge in [-0.1, -0.05) is 36.2 Å². The number of nitrogen functional groups attached to an aromatic ring is 1. The van der Waals surface area contributed by atoms with E-state index in [1.165, 1.54) is 0 Å². The number of para-hydroxylation sites is 2. The van der Waals surface area contributed by atoms with E-state index in [9.17, 15) is 9.59 Å². The largest absolute Gasteiger partial charge is 0.397 e. The molecular weight excluding hydrogens is 314 g/mol. The maximum atomic E-state index is 12.9. The Bertz CT molecular complexity index is 726. The molecule has 0 atom stereocenters. The average molecular weight is 339 g/mol. The van der Waals surface area contributed by atoms with Crippen molar-refractivity contribution in [3.8, 4) is 0 Å². The van der Waals surface area contributed by atoms with Gasteiger partial charge in [0.1, 0.15) is 0 Å². The van der Waals surface area contributed by atoms with Crippen molar-refractivity contribution in [3.05, 3.63) is 54.1 Å². The maximum absolute atomic E-state index is 12.9. The number of hydrogen-bond donors (Lipinski definition) is 2. The predicted octanol–water partition coefficient (Wildman–Crippen LogP) is 3.68. The van der Waals surface area contributed by atoms with E-state index in [2.05, 4.69) is 0 Å². The van der Waals surface area contributed by atoms with Crippen LogP contribution in [0, 0.1) is 6.92 Å². The molecule has 0 aliphatic carbocycles. The molecule has 2 rings (SSSR count). The lowest BCUT2D eigenvalue weighted by Gasteiger charge is -2.24. The zero-order valence-corrected chi connectivity index (χ0v) is 14.6. The van der Waals surface area contributed by atoms with Crippen LogP contribution in [0.15, 0.2) is 48.5 Å². The number of rotatable bonds is 8. The van der Waals surface area contributed by atoms with Gasteiger partial charge in [-0.25, -0.2) is 0 Å². The number of primary amides is 1. The molecule has 5 nitrogen and oxygen atoms in total. The number of hydrogen-bond acceptors (Lipinski definition) is 3. The number of amides is 2. The van der Waals surface area contributed by atoms with Crippen LogP contribution < -0.4 is 16.4 Å². The van der Waals surface area contributed by atoms with Crippen molar-refractivity contribution >= 4 is 28.9 Å². The Labute approximate surface area is 148 Å². The van der Waals surface area contributed by atoms with Gasteiger partial charge in [-0.15, -0.1) is 0 Å². The van der Waals surface area contributed by atoms with Crippen molar-refractivity contribution in [2.24, 2.45) is 5.73 Å². The zero-order chi connectivity index (χ0) is 18.2. The summed E-state index contributed by atoms with van der Waals surface area (Å²) in [4.78, 5) is 25.3. The van der Waals surface area contributed by atoms with Crippen molar-refractivity contribution < 1.29 is 9.59 Å². The molecule has 132 valence electrons. The molecule has 0 heterocycles. The number of nitrogens with two attached hydrogens (primary N) is 2. The highest BCUT2D eigenvalue weighted by atomic mass is 16.2. The lowest BCUT2D eigenvalue weighted by atomic mass is 10.1. The lowest BCUT2D eigenvalue weighted by molar-refractivity contribution is -0.118. The van der Waals surface area contributed by atoms with E-state index in [0.29, 0.717) is 37.1 Å².